The summed E-state index contributed by atoms with van der Waals surface area (Å²) in [6.45, 7) is 6.07. The molecule has 3 rings (SSSR count). The van der Waals surface area contributed by atoms with Crippen molar-refractivity contribution < 1.29 is 14.3 Å². The molecule has 0 fully saturated rings. The van der Waals surface area contributed by atoms with Gasteiger partial charge in [0.05, 0.1) is 13.5 Å². The Bertz CT molecular complexity index is 1120. The summed E-state index contributed by atoms with van der Waals surface area (Å²) < 4.78 is 5.23. The second-order valence-corrected chi connectivity index (χ2v) is 10.1. The molecule has 1 atom stereocenters. The molecule has 1 N–H and O–H groups in total. The molecule has 0 spiro atoms. The van der Waals surface area contributed by atoms with Crippen LogP contribution in [0.3, 0.4) is 0 Å². The third kappa shape index (κ3) is 8.15. The Morgan fingerprint density at radius 2 is 1.57 bits per heavy atom. The van der Waals surface area contributed by atoms with Crippen LogP contribution in [0.2, 0.25) is 5.02 Å². The quantitative estimate of drug-likeness (QED) is 0.432. The summed E-state index contributed by atoms with van der Waals surface area (Å²) in [7, 11) is 1.61. The fourth-order valence-electron chi connectivity index (χ4n) is 3.86. The lowest BCUT2D eigenvalue weighted by Gasteiger charge is -2.34. The van der Waals surface area contributed by atoms with E-state index in [1.54, 1.807) is 18.1 Å². The van der Waals surface area contributed by atoms with Gasteiger partial charge in [0, 0.05) is 23.5 Å². The smallest absolute Gasteiger partial charge is 0.243 e. The summed E-state index contributed by atoms with van der Waals surface area (Å²) in [5.74, 6) is 0.398. The van der Waals surface area contributed by atoms with Gasteiger partial charge in [-0.1, -0.05) is 66.2 Å². The SMILES string of the molecule is COc1ccc(CC(=O)N(Cc2cccc(Cl)c2)[C@H](Cc2ccccc2)C(=O)NC(C)(C)C)cc1. The van der Waals surface area contributed by atoms with Crippen molar-refractivity contribution >= 4 is 23.4 Å². The number of nitrogens with one attached hydrogen (secondary N) is 1. The maximum Gasteiger partial charge on any atom is 0.243 e. The number of carbonyl (C=O) groups excluding carboxylic acids is 2. The van der Waals surface area contributed by atoms with Gasteiger partial charge in [-0.2, -0.15) is 0 Å². The number of nitrogens with zero attached hydrogens (tertiary/aromatic N) is 1. The average molecular weight is 493 g/mol. The van der Waals surface area contributed by atoms with Crippen molar-refractivity contribution in [2.45, 2.75) is 51.7 Å². The van der Waals surface area contributed by atoms with Crippen LogP contribution in [0.5, 0.6) is 5.75 Å². The lowest BCUT2D eigenvalue weighted by Crippen LogP contribution is -2.54. The van der Waals surface area contributed by atoms with E-state index in [1.165, 1.54) is 0 Å². The van der Waals surface area contributed by atoms with E-state index < -0.39 is 11.6 Å². The topological polar surface area (TPSA) is 58.6 Å². The van der Waals surface area contributed by atoms with E-state index in [1.807, 2.05) is 93.6 Å². The monoisotopic (exact) mass is 492 g/mol. The molecule has 35 heavy (non-hydrogen) atoms. The molecule has 3 aromatic carbocycles. The van der Waals surface area contributed by atoms with Crippen molar-refractivity contribution in [3.8, 4) is 5.75 Å². The second kappa shape index (κ2) is 11.9. The largest absolute Gasteiger partial charge is 0.497 e. The number of benzene rings is 3. The maximum absolute atomic E-state index is 13.7. The highest BCUT2D eigenvalue weighted by molar-refractivity contribution is 6.30. The third-order valence-electron chi connectivity index (χ3n) is 5.53. The highest BCUT2D eigenvalue weighted by atomic mass is 35.5. The highest BCUT2D eigenvalue weighted by Gasteiger charge is 2.32. The molecule has 5 nitrogen and oxygen atoms in total. The Kier molecular flexibility index (Phi) is 8.94. The van der Waals surface area contributed by atoms with Crippen LogP contribution in [-0.2, 0) is 29.0 Å². The van der Waals surface area contributed by atoms with Gasteiger partial charge >= 0.3 is 0 Å². The predicted octanol–water partition coefficient (Wildman–Crippen LogP) is 5.45. The number of amides is 2. The fraction of sp³-hybridized carbons (Fsp3) is 0.310. The van der Waals surface area contributed by atoms with Crippen LogP contribution < -0.4 is 10.1 Å². The molecule has 0 heterocycles. The molecule has 0 saturated carbocycles. The van der Waals surface area contributed by atoms with Crippen molar-refractivity contribution in [1.29, 1.82) is 0 Å². The van der Waals surface area contributed by atoms with Crippen molar-refractivity contribution in [2.24, 2.45) is 0 Å². The van der Waals surface area contributed by atoms with Gasteiger partial charge < -0.3 is 15.0 Å². The molecule has 0 radical (unpaired) electrons. The second-order valence-electron chi connectivity index (χ2n) is 9.62. The highest BCUT2D eigenvalue weighted by Crippen LogP contribution is 2.20. The first-order valence-electron chi connectivity index (χ1n) is 11.7. The van der Waals surface area contributed by atoms with Gasteiger partial charge in [0.2, 0.25) is 11.8 Å². The molecule has 0 bridgehead atoms. The first kappa shape index (κ1) is 26.3. The normalized spacial score (nSPS) is 12.0. The summed E-state index contributed by atoms with van der Waals surface area (Å²) in [5, 5.41) is 3.66. The lowest BCUT2D eigenvalue weighted by molar-refractivity contribution is -0.141. The van der Waals surface area contributed by atoms with E-state index in [0.717, 1.165) is 22.4 Å². The Labute approximate surface area is 213 Å². The minimum Gasteiger partial charge on any atom is -0.497 e. The van der Waals surface area contributed by atoms with Crippen LogP contribution in [0.4, 0.5) is 0 Å². The van der Waals surface area contributed by atoms with Crippen molar-refractivity contribution in [2.75, 3.05) is 7.11 Å². The summed E-state index contributed by atoms with van der Waals surface area (Å²) >= 11 is 6.23. The minimum atomic E-state index is -0.693. The van der Waals surface area contributed by atoms with Gasteiger partial charge in [-0.3, -0.25) is 9.59 Å². The van der Waals surface area contributed by atoms with Gasteiger partial charge in [-0.25, -0.2) is 0 Å². The molecule has 0 aromatic heterocycles. The van der Waals surface area contributed by atoms with E-state index in [4.69, 9.17) is 16.3 Å². The van der Waals surface area contributed by atoms with Gasteiger partial charge in [0.15, 0.2) is 0 Å². The van der Waals surface area contributed by atoms with Gasteiger partial charge in [0.25, 0.3) is 0 Å². The van der Waals surface area contributed by atoms with E-state index in [0.29, 0.717) is 11.4 Å². The summed E-state index contributed by atoms with van der Waals surface area (Å²) in [4.78, 5) is 29.0. The number of rotatable bonds is 9. The van der Waals surface area contributed by atoms with Crippen molar-refractivity contribution in [3.63, 3.8) is 0 Å². The maximum atomic E-state index is 13.7. The van der Waals surface area contributed by atoms with Crippen molar-refractivity contribution in [3.05, 3.63) is 101 Å². The molecule has 6 heteroatoms. The van der Waals surface area contributed by atoms with Crippen LogP contribution >= 0.6 is 11.6 Å². The fourth-order valence-corrected chi connectivity index (χ4v) is 4.07. The molecule has 184 valence electrons. The molecule has 0 aliphatic rings. The zero-order valence-corrected chi connectivity index (χ0v) is 21.5. The Morgan fingerprint density at radius 3 is 2.17 bits per heavy atom. The first-order valence-corrected chi connectivity index (χ1v) is 12.1. The Balaban J connectivity index is 1.97. The molecular formula is C29H33ClN2O3. The number of ether oxygens (including phenoxy) is 1. The van der Waals surface area contributed by atoms with Gasteiger partial charge in [-0.15, -0.1) is 0 Å². The molecule has 0 saturated heterocycles. The van der Waals surface area contributed by atoms with Crippen molar-refractivity contribution in [1.82, 2.24) is 10.2 Å². The number of methoxy groups -OCH3 is 1. The predicted molar refractivity (Wildman–Crippen MR) is 141 cm³/mol. The molecule has 0 unspecified atom stereocenters. The molecule has 0 aliphatic carbocycles. The van der Waals surface area contributed by atoms with Gasteiger partial charge in [0.1, 0.15) is 11.8 Å². The Hall–Kier alpha value is -3.31. The van der Waals surface area contributed by atoms with Gasteiger partial charge in [-0.05, 0) is 61.7 Å². The molecule has 2 amide bonds. The van der Waals surface area contributed by atoms with E-state index in [-0.39, 0.29) is 24.8 Å². The zero-order chi connectivity index (χ0) is 25.4. The molecular weight excluding hydrogens is 460 g/mol. The van der Waals surface area contributed by atoms with Crippen LogP contribution in [-0.4, -0.2) is 35.4 Å². The Morgan fingerprint density at radius 1 is 0.914 bits per heavy atom. The third-order valence-corrected chi connectivity index (χ3v) is 5.76. The number of halogens is 1. The summed E-state index contributed by atoms with van der Waals surface area (Å²) in [5.41, 5.74) is 2.26. The van der Waals surface area contributed by atoms with Crippen LogP contribution in [0.25, 0.3) is 0 Å². The number of hydrogen-bond acceptors (Lipinski definition) is 3. The van der Waals surface area contributed by atoms with E-state index in [2.05, 4.69) is 5.32 Å². The first-order chi connectivity index (χ1) is 16.6. The molecule has 3 aromatic rings. The average Bonchev–Trinajstić information content (AvgIpc) is 2.81. The summed E-state index contributed by atoms with van der Waals surface area (Å²) in [6.07, 6.45) is 0.566. The van der Waals surface area contributed by atoms with E-state index in [9.17, 15) is 9.59 Å². The zero-order valence-electron chi connectivity index (χ0n) is 20.8. The lowest BCUT2D eigenvalue weighted by atomic mass is 10.00. The van der Waals surface area contributed by atoms with E-state index >= 15 is 0 Å². The summed E-state index contributed by atoms with van der Waals surface area (Å²) in [6, 6.07) is 23.9. The number of carbonyl (C=O) groups is 2. The van der Waals surface area contributed by atoms with Crippen LogP contribution in [0, 0.1) is 0 Å². The van der Waals surface area contributed by atoms with Crippen LogP contribution in [0.15, 0.2) is 78.9 Å². The molecule has 0 aliphatic heterocycles. The number of hydrogen-bond donors (Lipinski definition) is 1. The minimum absolute atomic E-state index is 0.139. The standard InChI is InChI=1S/C29H33ClN2O3/c1-29(2,3)31-28(34)26(18-21-9-6-5-7-10-21)32(20-23-11-8-12-24(30)17-23)27(33)19-22-13-15-25(35-4)16-14-22/h5-17,26H,18-20H2,1-4H3,(H,31,34)/t26-/m1/s1. The van der Waals surface area contributed by atoms with Crippen LogP contribution in [0.1, 0.15) is 37.5 Å².